The molecule has 0 spiro atoms. The quantitative estimate of drug-likeness (QED) is 0.512. The molecule has 0 radical (unpaired) electrons. The van der Waals surface area contributed by atoms with Crippen LogP contribution in [0.25, 0.3) is 0 Å². The summed E-state index contributed by atoms with van der Waals surface area (Å²) in [5.41, 5.74) is 3.70. The first-order valence-corrected chi connectivity index (χ1v) is 7.71. The van der Waals surface area contributed by atoms with Crippen LogP contribution in [0.5, 0.6) is 0 Å². The molecule has 0 saturated heterocycles. The van der Waals surface area contributed by atoms with E-state index in [1.54, 1.807) is 0 Å². The predicted molar refractivity (Wildman–Crippen MR) is 90.8 cm³/mol. The number of nitrogens with one attached hydrogen (secondary N) is 1. The van der Waals surface area contributed by atoms with Crippen LogP contribution >= 0.6 is 28.1 Å². The molecule has 20 heavy (non-hydrogen) atoms. The monoisotopic (exact) mass is 347 g/mol. The zero-order valence-corrected chi connectivity index (χ0v) is 13.4. The number of aryl methyl sites for hydroxylation is 1. The van der Waals surface area contributed by atoms with Crippen LogP contribution in [0.4, 0.5) is 5.69 Å². The van der Waals surface area contributed by atoms with Gasteiger partial charge in [-0.25, -0.2) is 0 Å². The van der Waals surface area contributed by atoms with Gasteiger partial charge in [0.1, 0.15) is 0 Å². The molecule has 0 aromatic heterocycles. The Labute approximate surface area is 132 Å². The second-order valence-corrected chi connectivity index (χ2v) is 5.39. The van der Waals surface area contributed by atoms with Crippen molar-refractivity contribution < 1.29 is 4.79 Å². The highest BCUT2D eigenvalue weighted by Gasteiger charge is 2.12. The molecule has 0 heterocycles. The Bertz CT molecular complexity index is 640. The topological polar surface area (TPSA) is 29.1 Å². The Hall–Kier alpha value is -1.52. The maximum absolute atomic E-state index is 11.6. The number of alkyl halides is 1. The van der Waals surface area contributed by atoms with Gasteiger partial charge in [0.05, 0.1) is 10.2 Å². The van der Waals surface area contributed by atoms with Crippen LogP contribution in [-0.2, 0) is 4.79 Å². The molecule has 1 N–H and O–H groups in total. The minimum absolute atomic E-state index is 0.0917. The van der Waals surface area contributed by atoms with E-state index >= 15 is 0 Å². The maximum atomic E-state index is 11.6. The van der Waals surface area contributed by atoms with E-state index in [9.17, 15) is 4.79 Å². The summed E-state index contributed by atoms with van der Waals surface area (Å²) < 4.78 is 0. The number of carbonyl (C=O) groups is 1. The Balaban J connectivity index is 2.41. The van der Waals surface area contributed by atoms with Crippen LogP contribution in [0.3, 0.4) is 0 Å². The minimum atomic E-state index is -0.0917. The number of hydrogen-bond acceptors (Lipinski definition) is 2. The number of hydrogen-bond donors (Lipinski definition) is 1. The van der Waals surface area contributed by atoms with Crippen LogP contribution in [-0.4, -0.2) is 16.1 Å². The van der Waals surface area contributed by atoms with Crippen molar-refractivity contribution in [2.75, 3.05) is 10.6 Å². The first-order chi connectivity index (χ1) is 9.61. The lowest BCUT2D eigenvalue weighted by molar-refractivity contribution is -0.113. The zero-order chi connectivity index (χ0) is 14.5. The van der Waals surface area contributed by atoms with Gasteiger partial charge >= 0.3 is 0 Å². The largest absolute Gasteiger partial charge is 0.325 e. The number of carbonyl (C=O) groups excluding carboxylic acids is 1. The average molecular weight is 348 g/mol. The second kappa shape index (κ2) is 6.77. The van der Waals surface area contributed by atoms with Crippen molar-refractivity contribution in [2.45, 2.75) is 6.92 Å². The third-order valence-electron chi connectivity index (χ3n) is 2.85. The third kappa shape index (κ3) is 3.52. The smallest absolute Gasteiger partial charge is 0.235 e. The lowest BCUT2D eigenvalue weighted by atomic mass is 10.0. The highest BCUT2D eigenvalue weighted by atomic mass is 79.9. The highest BCUT2D eigenvalue weighted by Crippen LogP contribution is 2.22. The van der Waals surface area contributed by atoms with Crippen LogP contribution < -0.4 is 5.32 Å². The number of halogens is 1. The Morgan fingerprint density at radius 1 is 1.20 bits per heavy atom. The van der Waals surface area contributed by atoms with Crippen LogP contribution in [0, 0.1) is 6.92 Å². The van der Waals surface area contributed by atoms with Crippen molar-refractivity contribution in [2.24, 2.45) is 0 Å². The van der Waals surface area contributed by atoms with Gasteiger partial charge in [-0.05, 0) is 24.6 Å². The van der Waals surface area contributed by atoms with E-state index in [4.69, 9.17) is 12.2 Å². The Morgan fingerprint density at radius 3 is 2.55 bits per heavy atom. The molecule has 2 aromatic carbocycles. The zero-order valence-electron chi connectivity index (χ0n) is 11.0. The highest BCUT2D eigenvalue weighted by molar-refractivity contribution is 9.09. The fourth-order valence-electron chi connectivity index (χ4n) is 1.88. The van der Waals surface area contributed by atoms with Crippen LogP contribution in [0.1, 0.15) is 16.7 Å². The molecule has 0 saturated carbocycles. The van der Waals surface area contributed by atoms with E-state index in [-0.39, 0.29) is 11.2 Å². The van der Waals surface area contributed by atoms with Crippen molar-refractivity contribution in [1.82, 2.24) is 0 Å². The minimum Gasteiger partial charge on any atom is -0.325 e. The van der Waals surface area contributed by atoms with E-state index in [0.717, 1.165) is 27.2 Å². The van der Waals surface area contributed by atoms with Gasteiger partial charge in [0.15, 0.2) is 0 Å². The summed E-state index contributed by atoms with van der Waals surface area (Å²) in [4.78, 5) is 12.3. The molecule has 2 nitrogen and oxygen atoms in total. The van der Waals surface area contributed by atoms with Crippen molar-refractivity contribution >= 4 is 44.6 Å². The molecule has 2 aromatic rings. The van der Waals surface area contributed by atoms with Crippen LogP contribution in [0.2, 0.25) is 0 Å². The standard InChI is InChI=1S/C16H14BrNOS/c1-11-7-8-14(18-15(19)10-17)13(9-11)16(20)12-5-3-2-4-6-12/h2-9H,10H2,1H3,(H,18,19). The molecule has 0 atom stereocenters. The van der Waals surface area contributed by atoms with Gasteiger partial charge < -0.3 is 5.32 Å². The van der Waals surface area contributed by atoms with E-state index in [2.05, 4.69) is 21.2 Å². The second-order valence-electron chi connectivity index (χ2n) is 4.43. The molecule has 0 bridgehead atoms. The molecule has 2 rings (SSSR count). The maximum Gasteiger partial charge on any atom is 0.235 e. The Morgan fingerprint density at radius 2 is 1.90 bits per heavy atom. The van der Waals surface area contributed by atoms with Gasteiger partial charge in [-0.3, -0.25) is 4.79 Å². The van der Waals surface area contributed by atoms with Gasteiger partial charge in [0.2, 0.25) is 5.91 Å². The van der Waals surface area contributed by atoms with E-state index in [1.165, 1.54) is 0 Å². The lowest BCUT2D eigenvalue weighted by Gasteiger charge is -2.12. The number of rotatable bonds is 4. The summed E-state index contributed by atoms with van der Waals surface area (Å²) >= 11 is 8.71. The predicted octanol–water partition coefficient (Wildman–Crippen LogP) is 4.09. The normalized spacial score (nSPS) is 10.1. The Kier molecular flexibility index (Phi) is 5.04. The van der Waals surface area contributed by atoms with Gasteiger partial charge in [0.25, 0.3) is 0 Å². The summed E-state index contributed by atoms with van der Waals surface area (Å²) in [6.45, 7) is 2.01. The molecule has 0 aliphatic rings. The molecule has 0 aliphatic heterocycles. The number of amides is 1. The van der Waals surface area contributed by atoms with Gasteiger partial charge in [-0.15, -0.1) is 0 Å². The molecule has 0 aliphatic carbocycles. The first-order valence-electron chi connectivity index (χ1n) is 6.18. The summed E-state index contributed by atoms with van der Waals surface area (Å²) in [6.07, 6.45) is 0. The molecule has 0 unspecified atom stereocenters. The van der Waals surface area contributed by atoms with Gasteiger partial charge in [-0.1, -0.05) is 70.1 Å². The summed E-state index contributed by atoms with van der Waals surface area (Å²) in [7, 11) is 0. The lowest BCUT2D eigenvalue weighted by Crippen LogP contribution is -2.15. The fourth-order valence-corrected chi connectivity index (χ4v) is 2.33. The third-order valence-corrected chi connectivity index (χ3v) is 3.82. The van der Waals surface area contributed by atoms with Crippen LogP contribution in [0.15, 0.2) is 48.5 Å². The summed E-state index contributed by atoms with van der Waals surface area (Å²) in [5.74, 6) is -0.0917. The SMILES string of the molecule is Cc1ccc(NC(=O)CBr)c(C(=S)c2ccccc2)c1. The molecule has 4 heteroatoms. The first kappa shape index (κ1) is 14.9. The molecule has 102 valence electrons. The molecule has 1 amide bonds. The number of thiocarbonyl (C=S) groups is 1. The summed E-state index contributed by atoms with van der Waals surface area (Å²) in [5, 5.41) is 3.13. The van der Waals surface area contributed by atoms with Crippen molar-refractivity contribution in [3.63, 3.8) is 0 Å². The number of benzene rings is 2. The van der Waals surface area contributed by atoms with Crippen molar-refractivity contribution in [3.8, 4) is 0 Å². The van der Waals surface area contributed by atoms with E-state index < -0.39 is 0 Å². The van der Waals surface area contributed by atoms with Gasteiger partial charge in [0, 0.05) is 11.3 Å². The average Bonchev–Trinajstić information content (AvgIpc) is 2.49. The number of anilines is 1. The van der Waals surface area contributed by atoms with Crippen molar-refractivity contribution in [3.05, 3.63) is 65.2 Å². The van der Waals surface area contributed by atoms with Gasteiger partial charge in [-0.2, -0.15) is 0 Å². The molecular formula is C16H14BrNOS. The fraction of sp³-hybridized carbons (Fsp3) is 0.125. The summed E-state index contributed by atoms with van der Waals surface area (Å²) in [6, 6.07) is 15.7. The van der Waals surface area contributed by atoms with E-state index in [1.807, 2.05) is 55.5 Å². The molecular weight excluding hydrogens is 334 g/mol. The van der Waals surface area contributed by atoms with E-state index in [0.29, 0.717) is 0 Å². The van der Waals surface area contributed by atoms with Crippen molar-refractivity contribution in [1.29, 1.82) is 0 Å². The molecule has 0 fully saturated rings.